The zero-order chi connectivity index (χ0) is 41.3. The van der Waals surface area contributed by atoms with E-state index in [9.17, 15) is 86.8 Å². The molecule has 56 heavy (non-hydrogen) atoms. The van der Waals surface area contributed by atoms with E-state index in [4.69, 9.17) is 42.6 Å². The summed E-state index contributed by atoms with van der Waals surface area (Å²) in [6.45, 7) is -4.51. The molecule has 5 fully saturated rings. The summed E-state index contributed by atoms with van der Waals surface area (Å²) in [6.07, 6.45) is -45.8. The zero-order valence-electron chi connectivity index (χ0n) is 29.2. The molecular weight excluding hydrogens is 776 g/mol. The molecule has 0 amide bonds. The second kappa shape index (κ2) is 19.6. The summed E-state index contributed by atoms with van der Waals surface area (Å²) in [5, 5.41) is 176. The maximum Gasteiger partial charge on any atom is 0.187 e. The highest BCUT2D eigenvalue weighted by Gasteiger charge is 2.56. The molecule has 26 nitrogen and oxygen atoms in total. The van der Waals surface area contributed by atoms with E-state index >= 15 is 0 Å². The number of aliphatic hydroxyl groups is 17. The Hall–Kier alpha value is -1.04. The highest BCUT2D eigenvalue weighted by atomic mass is 16.8. The van der Waals surface area contributed by atoms with Gasteiger partial charge in [-0.1, -0.05) is 0 Å². The minimum atomic E-state index is -2.12. The highest BCUT2D eigenvalue weighted by molar-refractivity contribution is 4.99. The van der Waals surface area contributed by atoms with Crippen molar-refractivity contribution >= 4 is 0 Å². The van der Waals surface area contributed by atoms with Crippen LogP contribution in [0, 0.1) is 0 Å². The first kappa shape index (κ1) is 46.0. The Morgan fingerprint density at radius 1 is 0.268 bits per heavy atom. The Morgan fingerprint density at radius 2 is 0.518 bits per heavy atom. The van der Waals surface area contributed by atoms with Gasteiger partial charge in [0.1, 0.15) is 122 Å². The van der Waals surface area contributed by atoms with Crippen LogP contribution in [0.15, 0.2) is 0 Å². The standard InChI is InChI=1S/C30H52O26/c31-1-6-11(36)12(37)18(43)27(49-6)54-23-8(3-33)51-29(20(45)14(23)39)56-25-10(5-35)52-30(21(46)16(25)41)55-24-9(4-34)50-28(19(44)15(24)40)53-22-7(2-32)48-26(47)17(42)13(22)38/h6-47H,1-5H2/t6-,7-,8-,9-,10-,11+,12+,13-,14-,15-,16-,17-,18-,19-,20-,21-,22-,23+,24+,25+,26-,27+,28+,29+,30+/m1/s1. The van der Waals surface area contributed by atoms with Crippen LogP contribution in [0.4, 0.5) is 0 Å². The maximum atomic E-state index is 11.1. The first-order valence-corrected chi connectivity index (χ1v) is 17.6. The molecule has 0 bridgehead atoms. The van der Waals surface area contributed by atoms with E-state index < -0.39 is 187 Å². The van der Waals surface area contributed by atoms with Crippen molar-refractivity contribution in [1.29, 1.82) is 0 Å². The number of hydrogen-bond acceptors (Lipinski definition) is 26. The van der Waals surface area contributed by atoms with E-state index in [0.29, 0.717) is 0 Å². The molecule has 17 N–H and O–H groups in total. The fourth-order valence-electron chi connectivity index (χ4n) is 7.03. The lowest BCUT2D eigenvalue weighted by atomic mass is 9.95. The topological polar surface area (TPSA) is 427 Å². The highest BCUT2D eigenvalue weighted by Crippen LogP contribution is 2.35. The van der Waals surface area contributed by atoms with Crippen molar-refractivity contribution in [3.8, 4) is 0 Å². The van der Waals surface area contributed by atoms with Crippen molar-refractivity contribution in [1.82, 2.24) is 0 Å². The van der Waals surface area contributed by atoms with Gasteiger partial charge in [0.25, 0.3) is 0 Å². The summed E-state index contributed by atoms with van der Waals surface area (Å²) < 4.78 is 49.1. The third-order valence-electron chi connectivity index (χ3n) is 10.3. The molecule has 0 spiro atoms. The van der Waals surface area contributed by atoms with E-state index in [2.05, 4.69) is 0 Å². The molecule has 0 aromatic rings. The smallest absolute Gasteiger partial charge is 0.187 e. The van der Waals surface area contributed by atoms with Gasteiger partial charge in [-0.15, -0.1) is 0 Å². The summed E-state index contributed by atoms with van der Waals surface area (Å²) in [6, 6.07) is 0. The zero-order valence-corrected chi connectivity index (χ0v) is 29.2. The fraction of sp³-hybridized carbons (Fsp3) is 1.00. The molecule has 5 rings (SSSR count). The van der Waals surface area contributed by atoms with E-state index in [1.165, 1.54) is 0 Å². The molecule has 0 aromatic carbocycles. The van der Waals surface area contributed by atoms with Crippen molar-refractivity contribution in [2.24, 2.45) is 0 Å². The minimum Gasteiger partial charge on any atom is -0.394 e. The number of hydrogen-bond donors (Lipinski definition) is 17. The summed E-state index contributed by atoms with van der Waals surface area (Å²) in [5.41, 5.74) is 0. The first-order valence-electron chi connectivity index (χ1n) is 17.6. The Labute approximate surface area is 316 Å². The van der Waals surface area contributed by atoms with Crippen LogP contribution in [0.25, 0.3) is 0 Å². The van der Waals surface area contributed by atoms with Gasteiger partial charge >= 0.3 is 0 Å². The molecule has 5 aliphatic rings. The van der Waals surface area contributed by atoms with Gasteiger partial charge in [-0.2, -0.15) is 0 Å². The Bertz CT molecular complexity index is 1200. The fourth-order valence-corrected chi connectivity index (χ4v) is 7.03. The molecular formula is C30H52O26. The quantitative estimate of drug-likeness (QED) is 0.0819. The van der Waals surface area contributed by atoms with E-state index in [0.717, 1.165) is 0 Å². The molecule has 0 aromatic heterocycles. The van der Waals surface area contributed by atoms with Crippen LogP contribution >= 0.6 is 0 Å². The summed E-state index contributed by atoms with van der Waals surface area (Å²) >= 11 is 0. The number of ether oxygens (including phenoxy) is 9. The van der Waals surface area contributed by atoms with Gasteiger partial charge in [-0.3, -0.25) is 0 Å². The van der Waals surface area contributed by atoms with Crippen LogP contribution in [0.3, 0.4) is 0 Å². The van der Waals surface area contributed by atoms with Gasteiger partial charge < -0.3 is 129 Å². The van der Waals surface area contributed by atoms with E-state index in [-0.39, 0.29) is 0 Å². The average Bonchev–Trinajstić information content (AvgIpc) is 3.19. The second-order valence-electron chi connectivity index (χ2n) is 13.9. The van der Waals surface area contributed by atoms with Crippen LogP contribution in [0.2, 0.25) is 0 Å². The lowest BCUT2D eigenvalue weighted by molar-refractivity contribution is -0.392. The predicted octanol–water partition coefficient (Wildman–Crippen LogP) is -11.9. The normalized spacial score (nSPS) is 53.2. The molecule has 0 radical (unpaired) electrons. The maximum absolute atomic E-state index is 11.1. The molecule has 5 saturated heterocycles. The summed E-state index contributed by atoms with van der Waals surface area (Å²) in [5.74, 6) is 0. The summed E-state index contributed by atoms with van der Waals surface area (Å²) in [4.78, 5) is 0. The molecule has 0 aliphatic carbocycles. The monoisotopic (exact) mass is 828 g/mol. The molecule has 0 saturated carbocycles. The number of rotatable bonds is 13. The summed E-state index contributed by atoms with van der Waals surface area (Å²) in [7, 11) is 0. The number of aliphatic hydroxyl groups excluding tert-OH is 17. The van der Waals surface area contributed by atoms with Crippen LogP contribution in [-0.2, 0) is 42.6 Å². The van der Waals surface area contributed by atoms with Gasteiger partial charge in [-0.05, 0) is 0 Å². The van der Waals surface area contributed by atoms with Gasteiger partial charge in [0.2, 0.25) is 0 Å². The molecule has 5 heterocycles. The van der Waals surface area contributed by atoms with E-state index in [1.54, 1.807) is 0 Å². The Balaban J connectivity index is 1.22. The lowest BCUT2D eigenvalue weighted by Gasteiger charge is -2.49. The van der Waals surface area contributed by atoms with Gasteiger partial charge in [-0.25, -0.2) is 0 Å². The van der Waals surface area contributed by atoms with Crippen LogP contribution in [-0.4, -0.2) is 273 Å². The Morgan fingerprint density at radius 3 is 0.821 bits per heavy atom. The van der Waals surface area contributed by atoms with Crippen LogP contribution < -0.4 is 0 Å². The molecule has 25 atom stereocenters. The minimum absolute atomic E-state index is 0.811. The Kier molecular flexibility index (Phi) is 16.1. The average molecular weight is 829 g/mol. The lowest BCUT2D eigenvalue weighted by Crippen LogP contribution is -2.68. The first-order chi connectivity index (χ1) is 26.5. The third-order valence-corrected chi connectivity index (χ3v) is 10.3. The van der Waals surface area contributed by atoms with Crippen molar-refractivity contribution in [2.45, 2.75) is 154 Å². The molecule has 5 aliphatic heterocycles. The van der Waals surface area contributed by atoms with Gasteiger partial charge in [0, 0.05) is 0 Å². The second-order valence-corrected chi connectivity index (χ2v) is 13.9. The largest absolute Gasteiger partial charge is 0.394 e. The molecule has 328 valence electrons. The molecule has 0 unspecified atom stereocenters. The van der Waals surface area contributed by atoms with Crippen molar-refractivity contribution < 1.29 is 129 Å². The predicted molar refractivity (Wildman–Crippen MR) is 167 cm³/mol. The van der Waals surface area contributed by atoms with Crippen LogP contribution in [0.1, 0.15) is 0 Å². The van der Waals surface area contributed by atoms with Crippen LogP contribution in [0.5, 0.6) is 0 Å². The van der Waals surface area contributed by atoms with E-state index in [1.807, 2.05) is 0 Å². The van der Waals surface area contributed by atoms with Crippen molar-refractivity contribution in [3.05, 3.63) is 0 Å². The van der Waals surface area contributed by atoms with Crippen molar-refractivity contribution in [2.75, 3.05) is 33.0 Å². The van der Waals surface area contributed by atoms with Gasteiger partial charge in [0.15, 0.2) is 31.5 Å². The SMILES string of the molecule is OC[C@H]1O[C@@H](O[C@@H]2[C@H](O)[C@@H](O)[C@H](O[C@@H]3[C@H](O)[C@@H](O)[C@H](O[C@@H]4[C@H](O)[C@@H](O)[C@H](O[C@H]5[C@H](O)[C@@H](O)[C@H](O)O[C@@H]5CO)O[C@@H]4CO)O[C@@H]3CO)O[C@@H]2CO)[C@H](O)[C@@H](O)[C@H]1O. The third kappa shape index (κ3) is 9.16. The van der Waals surface area contributed by atoms with Crippen molar-refractivity contribution in [3.63, 3.8) is 0 Å². The molecule has 26 heteroatoms. The van der Waals surface area contributed by atoms with Gasteiger partial charge in [0.05, 0.1) is 33.0 Å².